The van der Waals surface area contributed by atoms with E-state index in [1.807, 2.05) is 0 Å². The van der Waals surface area contributed by atoms with Crippen molar-refractivity contribution in [3.05, 3.63) is 22.4 Å². The molecule has 0 aromatic carbocycles. The van der Waals surface area contributed by atoms with Gasteiger partial charge in [-0.15, -0.1) is 11.3 Å². The van der Waals surface area contributed by atoms with E-state index in [1.54, 1.807) is 11.3 Å². The van der Waals surface area contributed by atoms with Gasteiger partial charge in [0, 0.05) is 16.8 Å². The minimum absolute atomic E-state index is 0.0184. The molecule has 1 saturated carbocycles. The molecule has 84 valence electrons. The fourth-order valence-corrected chi connectivity index (χ4v) is 2.82. The highest BCUT2D eigenvalue weighted by molar-refractivity contribution is 7.09. The van der Waals surface area contributed by atoms with Gasteiger partial charge in [0.15, 0.2) is 0 Å². The lowest BCUT2D eigenvalue weighted by atomic mass is 10.0. The van der Waals surface area contributed by atoms with Gasteiger partial charge in [0.1, 0.15) is 0 Å². The molecule has 1 aromatic heterocycles. The van der Waals surface area contributed by atoms with Crippen LogP contribution in [-0.2, 0) is 11.2 Å². The van der Waals surface area contributed by atoms with Crippen LogP contribution in [0, 0.1) is 0 Å². The molecule has 0 spiro atoms. The molecule has 0 unspecified atom stereocenters. The molecule has 0 bridgehead atoms. The van der Waals surface area contributed by atoms with Crippen LogP contribution in [-0.4, -0.2) is 18.8 Å². The maximum atomic E-state index is 6.20. The maximum absolute atomic E-state index is 6.20. The van der Waals surface area contributed by atoms with E-state index >= 15 is 0 Å². The Hall–Kier alpha value is -0.380. The van der Waals surface area contributed by atoms with Crippen molar-refractivity contribution < 1.29 is 4.74 Å². The van der Waals surface area contributed by atoms with Gasteiger partial charge in [-0.05, 0) is 24.3 Å². The fourth-order valence-electron chi connectivity index (χ4n) is 2.13. The van der Waals surface area contributed by atoms with Crippen molar-refractivity contribution in [3.63, 3.8) is 0 Å². The van der Waals surface area contributed by atoms with Crippen LogP contribution in [0.15, 0.2) is 17.5 Å². The highest BCUT2D eigenvalue weighted by Crippen LogP contribution is 2.27. The van der Waals surface area contributed by atoms with Crippen LogP contribution in [0.1, 0.15) is 30.6 Å². The monoisotopic (exact) mass is 225 g/mol. The van der Waals surface area contributed by atoms with Crippen molar-refractivity contribution in [3.8, 4) is 0 Å². The minimum Gasteiger partial charge on any atom is -0.379 e. The Morgan fingerprint density at radius 2 is 2.20 bits per heavy atom. The van der Waals surface area contributed by atoms with E-state index in [1.165, 1.54) is 17.7 Å². The molecule has 2 N–H and O–H groups in total. The molecule has 0 aliphatic heterocycles. The van der Waals surface area contributed by atoms with Gasteiger partial charge in [-0.3, -0.25) is 0 Å². The second-order valence-corrected chi connectivity index (χ2v) is 5.48. The molecule has 2 rings (SSSR count). The first-order valence-corrected chi connectivity index (χ1v) is 6.56. The normalized spacial score (nSPS) is 19.5. The summed E-state index contributed by atoms with van der Waals surface area (Å²) in [4.78, 5) is 1.40. The van der Waals surface area contributed by atoms with Gasteiger partial charge in [-0.25, -0.2) is 0 Å². The topological polar surface area (TPSA) is 35.2 Å². The predicted molar refractivity (Wildman–Crippen MR) is 64.2 cm³/mol. The Morgan fingerprint density at radius 1 is 1.40 bits per heavy atom. The lowest BCUT2D eigenvalue weighted by Crippen LogP contribution is -2.41. The first-order valence-electron chi connectivity index (χ1n) is 5.68. The molecular weight excluding hydrogens is 206 g/mol. The Kier molecular flexibility index (Phi) is 3.78. The largest absolute Gasteiger partial charge is 0.379 e. The minimum atomic E-state index is -0.0184. The fraction of sp³-hybridized carbons (Fsp3) is 0.667. The third-order valence-electron chi connectivity index (χ3n) is 3.06. The van der Waals surface area contributed by atoms with Gasteiger partial charge in [0.05, 0.1) is 13.2 Å². The van der Waals surface area contributed by atoms with Crippen molar-refractivity contribution in [2.45, 2.75) is 37.6 Å². The summed E-state index contributed by atoms with van der Waals surface area (Å²) in [6.07, 6.45) is 5.82. The molecule has 1 aliphatic rings. The zero-order chi connectivity index (χ0) is 10.6. The van der Waals surface area contributed by atoms with Crippen LogP contribution in [0.3, 0.4) is 0 Å². The van der Waals surface area contributed by atoms with E-state index in [-0.39, 0.29) is 5.54 Å². The van der Waals surface area contributed by atoms with E-state index < -0.39 is 0 Å². The number of hydrogen-bond donors (Lipinski definition) is 1. The predicted octanol–water partition coefficient (Wildman–Crippen LogP) is 2.58. The average Bonchev–Trinajstić information content (AvgIpc) is 2.84. The number of nitrogens with two attached hydrogens (primary N) is 1. The molecule has 0 radical (unpaired) electrons. The van der Waals surface area contributed by atoms with E-state index in [2.05, 4.69) is 17.5 Å². The lowest BCUT2D eigenvalue weighted by molar-refractivity contribution is 0.0893. The summed E-state index contributed by atoms with van der Waals surface area (Å²) in [6.45, 7) is 1.54. The molecule has 3 heteroatoms. The number of ether oxygens (including phenoxy) is 1. The van der Waals surface area contributed by atoms with Gasteiger partial charge in [-0.1, -0.05) is 18.9 Å². The van der Waals surface area contributed by atoms with Gasteiger partial charge in [0.25, 0.3) is 0 Å². The zero-order valence-electron chi connectivity index (χ0n) is 9.08. The summed E-state index contributed by atoms with van der Waals surface area (Å²) in [5, 5.41) is 2.11. The van der Waals surface area contributed by atoms with E-state index in [9.17, 15) is 0 Å². The molecule has 1 aromatic rings. The second-order valence-electron chi connectivity index (χ2n) is 4.45. The molecule has 1 heterocycles. The third-order valence-corrected chi connectivity index (χ3v) is 4.00. The van der Waals surface area contributed by atoms with Crippen LogP contribution >= 0.6 is 11.3 Å². The third kappa shape index (κ3) is 3.30. The summed E-state index contributed by atoms with van der Waals surface area (Å²) >= 11 is 1.79. The van der Waals surface area contributed by atoms with Crippen LogP contribution in [0.5, 0.6) is 0 Å². The summed E-state index contributed by atoms with van der Waals surface area (Å²) in [7, 11) is 0. The van der Waals surface area contributed by atoms with Crippen molar-refractivity contribution in [1.82, 2.24) is 0 Å². The van der Waals surface area contributed by atoms with Crippen LogP contribution in [0.4, 0.5) is 0 Å². The molecule has 0 amide bonds. The molecular formula is C12H19NOS. The Morgan fingerprint density at radius 3 is 2.87 bits per heavy atom. The Bertz CT molecular complexity index is 278. The molecule has 0 atom stereocenters. The van der Waals surface area contributed by atoms with Gasteiger partial charge in [0.2, 0.25) is 0 Å². The van der Waals surface area contributed by atoms with Crippen molar-refractivity contribution >= 4 is 11.3 Å². The quantitative estimate of drug-likeness (QED) is 0.782. The van der Waals surface area contributed by atoms with Crippen molar-refractivity contribution in [1.29, 1.82) is 0 Å². The smallest absolute Gasteiger partial charge is 0.0646 e. The highest BCUT2D eigenvalue weighted by Gasteiger charge is 2.29. The molecule has 0 saturated heterocycles. The standard InChI is InChI=1S/C12H19NOS/c13-12(6-1-2-7-12)10-14-8-5-11-4-3-9-15-11/h3-4,9H,1-2,5-8,10,13H2. The summed E-state index contributed by atoms with van der Waals surface area (Å²) < 4.78 is 5.68. The lowest BCUT2D eigenvalue weighted by Gasteiger charge is -2.22. The van der Waals surface area contributed by atoms with Crippen molar-refractivity contribution in [2.24, 2.45) is 5.73 Å². The zero-order valence-corrected chi connectivity index (χ0v) is 9.89. The molecule has 15 heavy (non-hydrogen) atoms. The average molecular weight is 225 g/mol. The van der Waals surface area contributed by atoms with E-state index in [0.29, 0.717) is 0 Å². The summed E-state index contributed by atoms with van der Waals surface area (Å²) in [5.41, 5.74) is 6.18. The first kappa shape index (κ1) is 11.1. The molecule has 1 fully saturated rings. The van der Waals surface area contributed by atoms with Crippen molar-refractivity contribution in [2.75, 3.05) is 13.2 Å². The SMILES string of the molecule is NC1(COCCc2cccs2)CCCC1. The van der Waals surface area contributed by atoms with Gasteiger partial charge >= 0.3 is 0 Å². The molecule has 1 aliphatic carbocycles. The second kappa shape index (κ2) is 5.10. The van der Waals surface area contributed by atoms with Crippen LogP contribution in [0.2, 0.25) is 0 Å². The van der Waals surface area contributed by atoms with E-state index in [0.717, 1.165) is 32.5 Å². The Labute approximate surface area is 95.4 Å². The van der Waals surface area contributed by atoms with E-state index in [4.69, 9.17) is 10.5 Å². The van der Waals surface area contributed by atoms with Crippen LogP contribution in [0.25, 0.3) is 0 Å². The van der Waals surface area contributed by atoms with Gasteiger partial charge in [-0.2, -0.15) is 0 Å². The Balaban J connectivity index is 1.62. The van der Waals surface area contributed by atoms with Gasteiger partial charge < -0.3 is 10.5 Å². The number of rotatable bonds is 5. The number of thiophene rings is 1. The number of hydrogen-bond acceptors (Lipinski definition) is 3. The highest BCUT2D eigenvalue weighted by atomic mass is 32.1. The first-order chi connectivity index (χ1) is 7.29. The summed E-state index contributed by atoms with van der Waals surface area (Å²) in [5.74, 6) is 0. The molecule has 2 nitrogen and oxygen atoms in total. The summed E-state index contributed by atoms with van der Waals surface area (Å²) in [6, 6.07) is 4.24. The van der Waals surface area contributed by atoms with Crippen LogP contribution < -0.4 is 5.73 Å². The maximum Gasteiger partial charge on any atom is 0.0646 e.